The normalized spacial score (nSPS) is 19.9. The zero-order valence-electron chi connectivity index (χ0n) is 18.3. The second-order valence-electron chi connectivity index (χ2n) is 8.50. The average molecular weight is 507 g/mol. The smallest absolute Gasteiger partial charge is 0.405 e. The van der Waals surface area contributed by atoms with Crippen molar-refractivity contribution in [3.63, 3.8) is 0 Å². The van der Waals surface area contributed by atoms with E-state index in [4.69, 9.17) is 5.73 Å². The van der Waals surface area contributed by atoms with Crippen molar-refractivity contribution in [2.45, 2.75) is 44.1 Å². The summed E-state index contributed by atoms with van der Waals surface area (Å²) in [4.78, 5) is 38.3. The maximum Gasteiger partial charge on any atom is 0.573 e. The lowest BCUT2D eigenvalue weighted by Gasteiger charge is -2.34. The van der Waals surface area contributed by atoms with Crippen LogP contribution < -0.4 is 20.5 Å². The number of alkyl halides is 3. The Morgan fingerprint density at radius 3 is 2.50 bits per heavy atom. The van der Waals surface area contributed by atoms with E-state index in [1.807, 2.05) is 0 Å². The first kappa shape index (κ1) is 25.7. The summed E-state index contributed by atoms with van der Waals surface area (Å²) in [6.07, 6.45) is -2.34. The SMILES string of the molecule is CS(=O)(=O)NC1(C(=O)N2CCC[C@@H](C(=O)NCc3ccc(C(N)=O)cc3OC(F)(F)F)C2)CC1. The molecule has 0 unspecified atom stereocenters. The Bertz CT molecular complexity index is 1090. The molecule has 0 spiro atoms. The number of likely N-dealkylation sites (tertiary alicyclic amines) is 1. The Labute approximate surface area is 194 Å². The number of piperidine rings is 1. The molecule has 10 nitrogen and oxygen atoms in total. The van der Waals surface area contributed by atoms with Gasteiger partial charge in [0.15, 0.2) is 0 Å². The van der Waals surface area contributed by atoms with E-state index in [-0.39, 0.29) is 24.2 Å². The molecule has 0 aromatic heterocycles. The molecule has 188 valence electrons. The minimum Gasteiger partial charge on any atom is -0.405 e. The molecular weight excluding hydrogens is 481 g/mol. The molecule has 1 heterocycles. The van der Waals surface area contributed by atoms with Crippen molar-refractivity contribution in [2.75, 3.05) is 19.3 Å². The highest BCUT2D eigenvalue weighted by atomic mass is 32.2. The van der Waals surface area contributed by atoms with Gasteiger partial charge >= 0.3 is 6.36 Å². The highest BCUT2D eigenvalue weighted by molar-refractivity contribution is 7.88. The van der Waals surface area contributed by atoms with Crippen molar-refractivity contribution in [2.24, 2.45) is 11.7 Å². The predicted molar refractivity (Wildman–Crippen MR) is 113 cm³/mol. The Hall–Kier alpha value is -2.87. The molecule has 3 rings (SSSR count). The van der Waals surface area contributed by atoms with E-state index in [0.717, 1.165) is 12.3 Å². The molecule has 1 aromatic carbocycles. The molecule has 1 atom stereocenters. The highest BCUT2D eigenvalue weighted by Crippen LogP contribution is 2.39. The van der Waals surface area contributed by atoms with E-state index in [2.05, 4.69) is 14.8 Å². The molecule has 0 radical (unpaired) electrons. The first-order valence-corrected chi connectivity index (χ1v) is 12.3. The fraction of sp³-hybridized carbons (Fsp3) is 0.550. The van der Waals surface area contributed by atoms with Crippen LogP contribution in [0.2, 0.25) is 0 Å². The topological polar surface area (TPSA) is 148 Å². The molecule has 1 saturated heterocycles. The van der Waals surface area contributed by atoms with E-state index in [1.165, 1.54) is 17.0 Å². The van der Waals surface area contributed by atoms with Crippen molar-refractivity contribution < 1.29 is 40.7 Å². The Morgan fingerprint density at radius 2 is 1.94 bits per heavy atom. The van der Waals surface area contributed by atoms with Crippen LogP contribution in [0.3, 0.4) is 0 Å². The van der Waals surface area contributed by atoms with Gasteiger partial charge in [-0.1, -0.05) is 6.07 Å². The zero-order valence-corrected chi connectivity index (χ0v) is 19.1. The van der Waals surface area contributed by atoms with Gasteiger partial charge < -0.3 is 20.7 Å². The third-order valence-electron chi connectivity index (χ3n) is 5.65. The molecule has 1 aliphatic carbocycles. The number of benzene rings is 1. The van der Waals surface area contributed by atoms with Gasteiger partial charge in [-0.25, -0.2) is 8.42 Å². The maximum absolute atomic E-state index is 12.9. The largest absolute Gasteiger partial charge is 0.573 e. The Kier molecular flexibility index (Phi) is 7.12. The van der Waals surface area contributed by atoms with Gasteiger partial charge in [0, 0.05) is 30.8 Å². The molecule has 1 saturated carbocycles. The fourth-order valence-electron chi connectivity index (χ4n) is 3.92. The minimum absolute atomic E-state index is 0.0197. The number of hydrogen-bond acceptors (Lipinski definition) is 6. The number of ether oxygens (including phenoxy) is 1. The van der Waals surface area contributed by atoms with E-state index in [9.17, 15) is 36.0 Å². The molecule has 34 heavy (non-hydrogen) atoms. The van der Waals surface area contributed by atoms with Gasteiger partial charge in [-0.05, 0) is 37.8 Å². The lowest BCUT2D eigenvalue weighted by molar-refractivity contribution is -0.274. The van der Waals surface area contributed by atoms with E-state index in [1.54, 1.807) is 0 Å². The van der Waals surface area contributed by atoms with Gasteiger partial charge in [-0.3, -0.25) is 14.4 Å². The lowest BCUT2D eigenvalue weighted by atomic mass is 9.96. The minimum atomic E-state index is -5.02. The quantitative estimate of drug-likeness (QED) is 0.471. The molecule has 2 fully saturated rings. The summed E-state index contributed by atoms with van der Waals surface area (Å²) in [5.74, 6) is -3.09. The first-order valence-electron chi connectivity index (χ1n) is 10.4. The van der Waals surface area contributed by atoms with E-state index in [0.29, 0.717) is 32.2 Å². The maximum atomic E-state index is 12.9. The van der Waals surface area contributed by atoms with Crippen molar-refractivity contribution in [3.8, 4) is 5.75 Å². The number of halogens is 3. The molecule has 1 aliphatic heterocycles. The first-order chi connectivity index (χ1) is 15.7. The third-order valence-corrected chi connectivity index (χ3v) is 6.41. The standard InChI is InChI=1S/C20H25F3N4O6S/c1-34(31,32)26-19(6-7-19)18(30)27-8-2-3-14(11-27)17(29)25-10-13-5-4-12(16(24)28)9-15(13)33-20(21,22)23/h4-5,9,14,26H,2-3,6-8,10-11H2,1H3,(H2,24,28)(H,25,29)/t14-/m1/s1. The number of nitrogens with zero attached hydrogens (tertiary/aromatic N) is 1. The van der Waals surface area contributed by atoms with Gasteiger partial charge in [-0.15, -0.1) is 13.2 Å². The number of carbonyl (C=O) groups excluding carboxylic acids is 3. The van der Waals surface area contributed by atoms with Crippen LogP contribution >= 0.6 is 0 Å². The van der Waals surface area contributed by atoms with Gasteiger partial charge in [0.25, 0.3) is 0 Å². The number of nitrogens with one attached hydrogen (secondary N) is 2. The van der Waals surface area contributed by atoms with Crippen LogP contribution in [-0.2, 0) is 26.2 Å². The van der Waals surface area contributed by atoms with E-state index >= 15 is 0 Å². The average Bonchev–Trinajstić information content (AvgIpc) is 3.49. The summed E-state index contributed by atoms with van der Waals surface area (Å²) < 4.78 is 67.8. The van der Waals surface area contributed by atoms with Crippen LogP contribution in [0, 0.1) is 5.92 Å². The lowest BCUT2D eigenvalue weighted by Crippen LogP contribution is -2.54. The van der Waals surface area contributed by atoms with Crippen LogP contribution in [0.15, 0.2) is 18.2 Å². The Morgan fingerprint density at radius 1 is 1.26 bits per heavy atom. The molecule has 1 aromatic rings. The molecule has 3 amide bonds. The molecule has 14 heteroatoms. The summed E-state index contributed by atoms with van der Waals surface area (Å²) in [5, 5.41) is 2.54. The number of hydrogen-bond donors (Lipinski definition) is 3. The number of primary amides is 1. The van der Waals surface area contributed by atoms with Crippen molar-refractivity contribution in [3.05, 3.63) is 29.3 Å². The summed E-state index contributed by atoms with van der Waals surface area (Å²) >= 11 is 0. The van der Waals surface area contributed by atoms with Gasteiger partial charge in [-0.2, -0.15) is 4.72 Å². The highest BCUT2D eigenvalue weighted by Gasteiger charge is 2.54. The van der Waals surface area contributed by atoms with E-state index < -0.39 is 51.3 Å². The number of amides is 3. The number of rotatable bonds is 8. The zero-order chi connectivity index (χ0) is 25.3. The summed E-state index contributed by atoms with van der Waals surface area (Å²) in [6.45, 7) is 0.117. The van der Waals surface area contributed by atoms with Crippen LogP contribution in [0.1, 0.15) is 41.6 Å². The van der Waals surface area contributed by atoms with Crippen molar-refractivity contribution in [1.29, 1.82) is 0 Å². The predicted octanol–water partition coefficient (Wildman–Crippen LogP) is 0.621. The van der Waals surface area contributed by atoms with Gasteiger partial charge in [0.2, 0.25) is 27.7 Å². The van der Waals surface area contributed by atoms with Crippen LogP contribution in [0.25, 0.3) is 0 Å². The second kappa shape index (κ2) is 9.41. The number of nitrogens with two attached hydrogens (primary N) is 1. The third kappa shape index (κ3) is 6.59. The van der Waals surface area contributed by atoms with Crippen LogP contribution in [-0.4, -0.2) is 62.3 Å². The Balaban J connectivity index is 1.65. The number of sulfonamides is 1. The molecule has 4 N–H and O–H groups in total. The van der Waals surface area contributed by atoms with Crippen molar-refractivity contribution >= 4 is 27.7 Å². The van der Waals surface area contributed by atoms with Crippen LogP contribution in [0.4, 0.5) is 13.2 Å². The molecule has 2 aliphatic rings. The summed E-state index contributed by atoms with van der Waals surface area (Å²) in [7, 11) is -3.60. The molecular formula is C20H25F3N4O6S. The summed E-state index contributed by atoms with van der Waals surface area (Å²) in [6, 6.07) is 3.27. The fourth-order valence-corrected chi connectivity index (χ4v) is 4.92. The second-order valence-corrected chi connectivity index (χ2v) is 10.2. The monoisotopic (exact) mass is 506 g/mol. The van der Waals surface area contributed by atoms with Gasteiger partial charge in [0.05, 0.1) is 12.2 Å². The molecule has 0 bridgehead atoms. The van der Waals surface area contributed by atoms with Crippen molar-refractivity contribution in [1.82, 2.24) is 14.9 Å². The number of carbonyl (C=O) groups is 3. The van der Waals surface area contributed by atoms with Gasteiger partial charge in [0.1, 0.15) is 11.3 Å². The van der Waals surface area contributed by atoms with Crippen LogP contribution in [0.5, 0.6) is 5.75 Å². The summed E-state index contributed by atoms with van der Waals surface area (Å²) in [5.41, 5.74) is 3.73.